The van der Waals surface area contributed by atoms with Crippen LogP contribution >= 0.6 is 0 Å². The number of hydrogen-bond acceptors (Lipinski definition) is 1. The van der Waals surface area contributed by atoms with E-state index in [1.165, 1.54) is 23.7 Å². The number of nitrogens with zero attached hydrogens (tertiary/aromatic N) is 1. The van der Waals surface area contributed by atoms with Crippen molar-refractivity contribution in [3.05, 3.63) is 30.5 Å². The minimum absolute atomic E-state index is 0.724. The Morgan fingerprint density at radius 2 is 2.12 bits per heavy atom. The van der Waals surface area contributed by atoms with Gasteiger partial charge in [-0.1, -0.05) is 26.3 Å². The van der Waals surface area contributed by atoms with Crippen molar-refractivity contribution in [1.82, 2.24) is 4.57 Å². The summed E-state index contributed by atoms with van der Waals surface area (Å²) < 4.78 is 7.71. The molecule has 2 aromatic rings. The molecule has 1 heterocycles. The van der Waals surface area contributed by atoms with E-state index in [9.17, 15) is 0 Å². The Bertz CT molecular complexity index is 487. The first-order valence-electron chi connectivity index (χ1n) is 6.38. The zero-order chi connectivity index (χ0) is 12.3. The van der Waals surface area contributed by atoms with Crippen molar-refractivity contribution in [1.29, 1.82) is 0 Å². The molecule has 17 heavy (non-hydrogen) atoms. The van der Waals surface area contributed by atoms with Gasteiger partial charge in [-0.3, -0.25) is 0 Å². The number of methoxy groups -OCH3 is 1. The Morgan fingerprint density at radius 3 is 2.82 bits per heavy atom. The molecule has 0 saturated carbocycles. The topological polar surface area (TPSA) is 14.2 Å². The van der Waals surface area contributed by atoms with Gasteiger partial charge in [0.1, 0.15) is 5.75 Å². The monoisotopic (exact) mass is 231 g/mol. The molecule has 92 valence electrons. The second-order valence-corrected chi connectivity index (χ2v) is 4.76. The summed E-state index contributed by atoms with van der Waals surface area (Å²) in [5.41, 5.74) is 1.27. The maximum Gasteiger partial charge on any atom is 0.128 e. The summed E-state index contributed by atoms with van der Waals surface area (Å²) >= 11 is 0. The zero-order valence-corrected chi connectivity index (χ0v) is 10.9. The first-order chi connectivity index (χ1) is 8.26. The van der Waals surface area contributed by atoms with Crippen LogP contribution in [0.15, 0.2) is 30.5 Å². The van der Waals surface area contributed by atoms with Crippen molar-refractivity contribution in [2.45, 2.75) is 33.2 Å². The fraction of sp³-hybridized carbons (Fsp3) is 0.467. The summed E-state index contributed by atoms with van der Waals surface area (Å²) in [6.07, 6.45) is 4.70. The van der Waals surface area contributed by atoms with Gasteiger partial charge < -0.3 is 9.30 Å². The van der Waals surface area contributed by atoms with Crippen molar-refractivity contribution in [3.63, 3.8) is 0 Å². The molecule has 0 aliphatic carbocycles. The van der Waals surface area contributed by atoms with Crippen molar-refractivity contribution in [2.75, 3.05) is 7.11 Å². The molecule has 1 atom stereocenters. The summed E-state index contributed by atoms with van der Waals surface area (Å²) in [6.45, 7) is 5.65. The van der Waals surface area contributed by atoms with Gasteiger partial charge in [0.05, 0.1) is 12.6 Å². The van der Waals surface area contributed by atoms with Crippen molar-refractivity contribution >= 4 is 10.9 Å². The second kappa shape index (κ2) is 5.26. The molecule has 0 N–H and O–H groups in total. The Labute approximate surface area is 103 Å². The third-order valence-corrected chi connectivity index (χ3v) is 3.28. The molecule has 2 heteroatoms. The van der Waals surface area contributed by atoms with Crippen LogP contribution in [0.2, 0.25) is 0 Å². The number of aromatic nitrogens is 1. The zero-order valence-electron chi connectivity index (χ0n) is 10.9. The van der Waals surface area contributed by atoms with Crippen LogP contribution in [0.4, 0.5) is 0 Å². The van der Waals surface area contributed by atoms with Gasteiger partial charge in [0, 0.05) is 18.1 Å². The predicted molar refractivity (Wildman–Crippen MR) is 72.6 cm³/mol. The van der Waals surface area contributed by atoms with E-state index >= 15 is 0 Å². The molecular formula is C15H21NO. The smallest absolute Gasteiger partial charge is 0.128 e. The molecule has 0 aliphatic rings. The van der Waals surface area contributed by atoms with Gasteiger partial charge in [0.2, 0.25) is 0 Å². The van der Waals surface area contributed by atoms with E-state index in [1.807, 2.05) is 6.07 Å². The fourth-order valence-electron chi connectivity index (χ4n) is 2.45. The minimum atomic E-state index is 0.724. The molecule has 0 spiro atoms. The van der Waals surface area contributed by atoms with Crippen LogP contribution in [0.25, 0.3) is 10.9 Å². The second-order valence-electron chi connectivity index (χ2n) is 4.76. The molecule has 0 aliphatic heterocycles. The van der Waals surface area contributed by atoms with Gasteiger partial charge in [-0.2, -0.15) is 0 Å². The normalized spacial score (nSPS) is 12.9. The number of rotatable bonds is 5. The van der Waals surface area contributed by atoms with E-state index in [-0.39, 0.29) is 0 Å². The molecule has 1 aromatic carbocycles. The lowest BCUT2D eigenvalue weighted by atomic mass is 10.1. The van der Waals surface area contributed by atoms with Crippen LogP contribution in [0, 0.1) is 5.92 Å². The Balaban J connectivity index is 2.30. The summed E-state index contributed by atoms with van der Waals surface area (Å²) in [4.78, 5) is 0. The van der Waals surface area contributed by atoms with Gasteiger partial charge in [-0.05, 0) is 30.5 Å². The average molecular weight is 231 g/mol. The SMILES string of the molecule is CCCC(C)Cn1ccc2c(OC)cccc21. The summed E-state index contributed by atoms with van der Waals surface area (Å²) in [7, 11) is 1.73. The molecule has 0 amide bonds. The highest BCUT2D eigenvalue weighted by Gasteiger charge is 2.08. The quantitative estimate of drug-likeness (QED) is 0.756. The molecule has 2 rings (SSSR count). The Hall–Kier alpha value is -1.44. The van der Waals surface area contributed by atoms with Crippen molar-refractivity contribution in [3.8, 4) is 5.75 Å². The van der Waals surface area contributed by atoms with E-state index in [1.54, 1.807) is 7.11 Å². The van der Waals surface area contributed by atoms with Gasteiger partial charge in [-0.25, -0.2) is 0 Å². The van der Waals surface area contributed by atoms with Crippen LogP contribution < -0.4 is 4.74 Å². The van der Waals surface area contributed by atoms with Crippen LogP contribution in [0.3, 0.4) is 0 Å². The first kappa shape index (κ1) is 12.0. The molecule has 1 aromatic heterocycles. The lowest BCUT2D eigenvalue weighted by Crippen LogP contribution is -2.06. The third kappa shape index (κ3) is 2.46. The lowest BCUT2D eigenvalue weighted by molar-refractivity contribution is 0.419. The third-order valence-electron chi connectivity index (χ3n) is 3.28. The first-order valence-corrected chi connectivity index (χ1v) is 6.38. The van der Waals surface area contributed by atoms with E-state index in [0.29, 0.717) is 0 Å². The van der Waals surface area contributed by atoms with E-state index < -0.39 is 0 Å². The standard InChI is InChI=1S/C15H21NO/c1-4-6-12(2)11-16-10-9-13-14(16)7-5-8-15(13)17-3/h5,7-10,12H,4,6,11H2,1-3H3. The van der Waals surface area contributed by atoms with Gasteiger partial charge in [0.15, 0.2) is 0 Å². The molecule has 0 fully saturated rings. The molecule has 2 nitrogen and oxygen atoms in total. The highest BCUT2D eigenvalue weighted by atomic mass is 16.5. The Morgan fingerprint density at radius 1 is 1.29 bits per heavy atom. The van der Waals surface area contributed by atoms with Crippen molar-refractivity contribution in [2.24, 2.45) is 5.92 Å². The predicted octanol–water partition coefficient (Wildman–Crippen LogP) is 4.09. The minimum Gasteiger partial charge on any atom is -0.496 e. The molecule has 1 unspecified atom stereocenters. The van der Waals surface area contributed by atoms with E-state index in [2.05, 4.69) is 42.8 Å². The van der Waals surface area contributed by atoms with Gasteiger partial charge in [0.25, 0.3) is 0 Å². The van der Waals surface area contributed by atoms with E-state index in [0.717, 1.165) is 18.2 Å². The molecule has 0 radical (unpaired) electrons. The summed E-state index contributed by atoms with van der Waals surface area (Å²) in [6, 6.07) is 8.38. The summed E-state index contributed by atoms with van der Waals surface area (Å²) in [5, 5.41) is 1.21. The number of benzene rings is 1. The fourth-order valence-corrected chi connectivity index (χ4v) is 2.45. The van der Waals surface area contributed by atoms with Crippen LogP contribution in [0.1, 0.15) is 26.7 Å². The Kier molecular flexibility index (Phi) is 3.72. The molecular weight excluding hydrogens is 210 g/mol. The number of hydrogen-bond donors (Lipinski definition) is 0. The highest BCUT2D eigenvalue weighted by Crippen LogP contribution is 2.27. The number of ether oxygens (including phenoxy) is 1. The lowest BCUT2D eigenvalue weighted by Gasteiger charge is -2.12. The van der Waals surface area contributed by atoms with Crippen molar-refractivity contribution < 1.29 is 4.74 Å². The highest BCUT2D eigenvalue weighted by molar-refractivity contribution is 5.86. The maximum absolute atomic E-state index is 5.38. The van der Waals surface area contributed by atoms with Gasteiger partial charge in [-0.15, -0.1) is 0 Å². The van der Waals surface area contributed by atoms with Crippen LogP contribution in [-0.2, 0) is 6.54 Å². The largest absolute Gasteiger partial charge is 0.496 e. The summed E-state index contributed by atoms with van der Waals surface area (Å²) in [5.74, 6) is 1.69. The number of fused-ring (bicyclic) bond motifs is 1. The van der Waals surface area contributed by atoms with E-state index in [4.69, 9.17) is 4.74 Å². The average Bonchev–Trinajstić information content (AvgIpc) is 2.73. The maximum atomic E-state index is 5.38. The van der Waals surface area contributed by atoms with Crippen LogP contribution in [-0.4, -0.2) is 11.7 Å². The molecule has 0 saturated heterocycles. The van der Waals surface area contributed by atoms with Crippen LogP contribution in [0.5, 0.6) is 5.75 Å². The van der Waals surface area contributed by atoms with Gasteiger partial charge >= 0.3 is 0 Å². The molecule has 0 bridgehead atoms.